The smallest absolute Gasteiger partial charge is 0.274 e. The van der Waals surface area contributed by atoms with Crippen molar-refractivity contribution < 1.29 is 9.18 Å². The van der Waals surface area contributed by atoms with Crippen LogP contribution in [0.15, 0.2) is 36.4 Å². The van der Waals surface area contributed by atoms with E-state index in [2.05, 4.69) is 20.0 Å². The highest BCUT2D eigenvalue weighted by atomic mass is 19.1. The van der Waals surface area contributed by atoms with Gasteiger partial charge >= 0.3 is 0 Å². The summed E-state index contributed by atoms with van der Waals surface area (Å²) in [6, 6.07) is 10.2. The summed E-state index contributed by atoms with van der Waals surface area (Å²) < 4.78 is 13.1. The van der Waals surface area contributed by atoms with Gasteiger partial charge in [0.25, 0.3) is 5.91 Å². The Balaban J connectivity index is 1.61. The fraction of sp³-hybridized carbons (Fsp3) is 0.421. The van der Waals surface area contributed by atoms with Crippen LogP contribution in [0.5, 0.6) is 0 Å². The first-order valence-electron chi connectivity index (χ1n) is 9.00. The number of piperazine rings is 1. The molecule has 0 unspecified atom stereocenters. The van der Waals surface area contributed by atoms with Gasteiger partial charge in [0.1, 0.15) is 5.82 Å². The number of halogens is 1. The molecule has 2 heterocycles. The van der Waals surface area contributed by atoms with Gasteiger partial charge in [-0.05, 0) is 50.2 Å². The van der Waals surface area contributed by atoms with E-state index in [1.165, 1.54) is 12.1 Å². The lowest BCUT2D eigenvalue weighted by Crippen LogP contribution is -2.47. The number of carbonyl (C=O) groups excluding carboxylic acids is 1. The number of anilines is 2. The highest BCUT2D eigenvalue weighted by molar-refractivity contribution is 5.92. The standard InChI is InChI=1S/C19H24FN5O/c1-3-23(4-2)19(26)17-9-10-18(22-21-17)25-13-11-24(12-14-25)16-7-5-15(20)6-8-16/h5-10H,3-4,11-14H2,1-2H3. The molecule has 0 bridgehead atoms. The molecule has 0 spiro atoms. The lowest BCUT2D eigenvalue weighted by molar-refractivity contribution is 0.0766. The molecule has 7 heteroatoms. The molecule has 0 aliphatic carbocycles. The topological polar surface area (TPSA) is 52.6 Å². The molecule has 1 aromatic heterocycles. The van der Waals surface area contributed by atoms with Gasteiger partial charge in [-0.2, -0.15) is 0 Å². The van der Waals surface area contributed by atoms with E-state index in [9.17, 15) is 9.18 Å². The minimum Gasteiger partial charge on any atom is -0.368 e. The Kier molecular flexibility index (Phi) is 5.65. The van der Waals surface area contributed by atoms with Gasteiger partial charge in [-0.25, -0.2) is 4.39 Å². The van der Waals surface area contributed by atoms with Crippen LogP contribution in [0, 0.1) is 5.82 Å². The van der Waals surface area contributed by atoms with E-state index in [0.29, 0.717) is 18.8 Å². The Bertz CT molecular complexity index is 723. The first kappa shape index (κ1) is 18.1. The van der Waals surface area contributed by atoms with Crippen LogP contribution in [0.4, 0.5) is 15.9 Å². The van der Waals surface area contributed by atoms with Crippen LogP contribution >= 0.6 is 0 Å². The molecule has 6 nitrogen and oxygen atoms in total. The van der Waals surface area contributed by atoms with Crippen molar-refractivity contribution in [1.29, 1.82) is 0 Å². The molecule has 1 amide bonds. The highest BCUT2D eigenvalue weighted by Crippen LogP contribution is 2.19. The number of benzene rings is 1. The third-order valence-corrected chi connectivity index (χ3v) is 4.72. The SMILES string of the molecule is CCN(CC)C(=O)c1ccc(N2CCN(c3ccc(F)cc3)CC2)nn1. The van der Waals surface area contributed by atoms with Gasteiger partial charge in [-0.15, -0.1) is 10.2 Å². The lowest BCUT2D eigenvalue weighted by atomic mass is 10.2. The Labute approximate surface area is 153 Å². The molecule has 1 aromatic carbocycles. The normalized spacial score (nSPS) is 14.4. The first-order valence-corrected chi connectivity index (χ1v) is 9.00. The van der Waals surface area contributed by atoms with Gasteiger partial charge in [-0.1, -0.05) is 0 Å². The van der Waals surface area contributed by atoms with Crippen LogP contribution in [0.3, 0.4) is 0 Å². The maximum absolute atomic E-state index is 13.1. The molecule has 0 atom stereocenters. The quantitative estimate of drug-likeness (QED) is 0.823. The highest BCUT2D eigenvalue weighted by Gasteiger charge is 2.20. The van der Waals surface area contributed by atoms with Crippen molar-refractivity contribution in [3.8, 4) is 0 Å². The van der Waals surface area contributed by atoms with Crippen molar-refractivity contribution in [3.05, 3.63) is 47.9 Å². The zero-order chi connectivity index (χ0) is 18.5. The summed E-state index contributed by atoms with van der Waals surface area (Å²) >= 11 is 0. The number of hydrogen-bond donors (Lipinski definition) is 0. The summed E-state index contributed by atoms with van der Waals surface area (Å²) in [5.41, 5.74) is 1.40. The molecule has 1 aliphatic rings. The Morgan fingerprint density at radius 1 is 0.962 bits per heavy atom. The zero-order valence-corrected chi connectivity index (χ0v) is 15.2. The largest absolute Gasteiger partial charge is 0.368 e. The number of rotatable bonds is 5. The van der Waals surface area contributed by atoms with E-state index < -0.39 is 0 Å². The van der Waals surface area contributed by atoms with Crippen LogP contribution in [0.1, 0.15) is 24.3 Å². The molecule has 3 rings (SSSR count). The molecule has 0 radical (unpaired) electrons. The summed E-state index contributed by atoms with van der Waals surface area (Å²) in [6.07, 6.45) is 0. The average molecular weight is 357 g/mol. The van der Waals surface area contributed by atoms with E-state index in [4.69, 9.17) is 0 Å². The van der Waals surface area contributed by atoms with Crippen molar-refractivity contribution in [2.75, 3.05) is 49.1 Å². The maximum atomic E-state index is 13.1. The van der Waals surface area contributed by atoms with E-state index in [1.807, 2.05) is 19.9 Å². The summed E-state index contributed by atoms with van der Waals surface area (Å²) in [7, 11) is 0. The minimum atomic E-state index is -0.220. The third-order valence-electron chi connectivity index (χ3n) is 4.72. The number of nitrogens with zero attached hydrogens (tertiary/aromatic N) is 5. The Hall–Kier alpha value is -2.70. The Morgan fingerprint density at radius 2 is 1.58 bits per heavy atom. The van der Waals surface area contributed by atoms with Crippen molar-refractivity contribution in [3.63, 3.8) is 0 Å². The zero-order valence-electron chi connectivity index (χ0n) is 15.2. The second kappa shape index (κ2) is 8.12. The number of hydrogen-bond acceptors (Lipinski definition) is 5. The van der Waals surface area contributed by atoms with E-state index in [0.717, 1.165) is 37.7 Å². The molecule has 1 fully saturated rings. The molecule has 1 aliphatic heterocycles. The van der Waals surface area contributed by atoms with Gasteiger partial charge < -0.3 is 14.7 Å². The third kappa shape index (κ3) is 3.92. The van der Waals surface area contributed by atoms with Crippen molar-refractivity contribution >= 4 is 17.4 Å². The monoisotopic (exact) mass is 357 g/mol. The van der Waals surface area contributed by atoms with Crippen LogP contribution < -0.4 is 9.80 Å². The van der Waals surface area contributed by atoms with Crippen LogP contribution in [0.25, 0.3) is 0 Å². The van der Waals surface area contributed by atoms with E-state index >= 15 is 0 Å². The summed E-state index contributed by atoms with van der Waals surface area (Å²) in [5.74, 6) is 0.469. The summed E-state index contributed by atoms with van der Waals surface area (Å²) in [5, 5.41) is 8.36. The fourth-order valence-electron chi connectivity index (χ4n) is 3.13. The van der Waals surface area contributed by atoms with Gasteiger partial charge in [0, 0.05) is 45.0 Å². The van der Waals surface area contributed by atoms with Gasteiger partial charge in [0.05, 0.1) is 0 Å². The molecule has 26 heavy (non-hydrogen) atoms. The first-order chi connectivity index (χ1) is 12.6. The molecule has 0 N–H and O–H groups in total. The van der Waals surface area contributed by atoms with Gasteiger partial charge in [-0.3, -0.25) is 4.79 Å². The lowest BCUT2D eigenvalue weighted by Gasteiger charge is -2.36. The predicted octanol–water partition coefficient (Wildman–Crippen LogP) is 2.42. The van der Waals surface area contributed by atoms with Crippen LogP contribution in [0.2, 0.25) is 0 Å². The van der Waals surface area contributed by atoms with E-state index in [1.54, 1.807) is 23.1 Å². The molecule has 1 saturated heterocycles. The van der Waals surface area contributed by atoms with Crippen molar-refractivity contribution in [2.24, 2.45) is 0 Å². The fourth-order valence-corrected chi connectivity index (χ4v) is 3.13. The van der Waals surface area contributed by atoms with Crippen molar-refractivity contribution in [2.45, 2.75) is 13.8 Å². The average Bonchev–Trinajstić information content (AvgIpc) is 2.70. The molecular formula is C19H24FN5O. The molecule has 0 saturated carbocycles. The van der Waals surface area contributed by atoms with Gasteiger partial charge in [0.15, 0.2) is 11.5 Å². The molecule has 2 aromatic rings. The number of amides is 1. The molecule has 138 valence electrons. The van der Waals surface area contributed by atoms with Crippen LogP contribution in [-0.2, 0) is 0 Å². The van der Waals surface area contributed by atoms with E-state index in [-0.39, 0.29) is 11.7 Å². The Morgan fingerprint density at radius 3 is 2.12 bits per heavy atom. The minimum absolute atomic E-state index is 0.0878. The predicted molar refractivity (Wildman–Crippen MR) is 100 cm³/mol. The second-order valence-electron chi connectivity index (χ2n) is 6.20. The van der Waals surface area contributed by atoms with Crippen LogP contribution in [-0.4, -0.2) is 60.3 Å². The number of aromatic nitrogens is 2. The van der Waals surface area contributed by atoms with Crippen molar-refractivity contribution in [1.82, 2.24) is 15.1 Å². The molecular weight excluding hydrogens is 333 g/mol. The second-order valence-corrected chi connectivity index (χ2v) is 6.20. The summed E-state index contributed by atoms with van der Waals surface area (Å²) in [4.78, 5) is 18.4. The van der Waals surface area contributed by atoms with Gasteiger partial charge in [0.2, 0.25) is 0 Å². The summed E-state index contributed by atoms with van der Waals surface area (Å²) in [6.45, 7) is 8.47. The maximum Gasteiger partial charge on any atom is 0.274 e. The number of carbonyl (C=O) groups is 1.